The van der Waals surface area contributed by atoms with Crippen LogP contribution in [0, 0.1) is 0 Å². The van der Waals surface area contributed by atoms with Crippen LogP contribution < -0.4 is 0 Å². The van der Waals surface area contributed by atoms with E-state index in [1.807, 2.05) is 0 Å². The van der Waals surface area contributed by atoms with Gasteiger partial charge in [-0.15, -0.1) is 0 Å². The smallest absolute Gasteiger partial charge is 0.254 e. The molecule has 5 heteroatoms. The number of hydrogen-bond donors (Lipinski definition) is 1. The minimum absolute atomic E-state index is 0.186. The number of nitrogens with one attached hydrogen (secondary N) is 1. The lowest BCUT2D eigenvalue weighted by Gasteiger charge is -1.93. The van der Waals surface area contributed by atoms with E-state index in [1.165, 1.54) is 0 Å². The molecule has 0 aliphatic heterocycles. The van der Waals surface area contributed by atoms with Crippen LogP contribution in [0.25, 0.3) is 11.0 Å². The van der Waals surface area contributed by atoms with Gasteiger partial charge in [0.05, 0.1) is 11.1 Å². The minimum atomic E-state index is -0.584. The third-order valence-corrected chi connectivity index (χ3v) is 2.06. The van der Waals surface area contributed by atoms with Gasteiger partial charge >= 0.3 is 0 Å². The van der Waals surface area contributed by atoms with E-state index in [0.29, 0.717) is 22.9 Å². The normalized spacial score (nSPS) is 10.4. The van der Waals surface area contributed by atoms with Gasteiger partial charge in [0.2, 0.25) is 0 Å². The van der Waals surface area contributed by atoms with Gasteiger partial charge in [0.15, 0.2) is 12.1 Å². The number of H-pyrrole nitrogens is 1. The zero-order valence-electron chi connectivity index (χ0n) is 6.95. The number of rotatable bonds is 2. The molecule has 2 aromatic rings. The molecule has 1 aromatic heterocycles. The molecule has 0 spiro atoms. The van der Waals surface area contributed by atoms with Gasteiger partial charge in [-0.3, -0.25) is 9.59 Å². The molecule has 0 bridgehead atoms. The summed E-state index contributed by atoms with van der Waals surface area (Å²) in [6.07, 6.45) is 0.586. The third kappa shape index (κ3) is 1.29. The summed E-state index contributed by atoms with van der Waals surface area (Å²) in [5, 5.41) is -0.584. The summed E-state index contributed by atoms with van der Waals surface area (Å²) in [4.78, 5) is 28.1. The van der Waals surface area contributed by atoms with E-state index in [2.05, 4.69) is 9.97 Å². The fourth-order valence-electron chi connectivity index (χ4n) is 1.27. The highest BCUT2D eigenvalue weighted by Gasteiger charge is 2.10. The van der Waals surface area contributed by atoms with E-state index in [9.17, 15) is 9.59 Å². The maximum absolute atomic E-state index is 11.0. The van der Waals surface area contributed by atoms with Gasteiger partial charge in [-0.1, -0.05) is 6.07 Å². The molecule has 0 aliphatic rings. The number of benzene rings is 1. The number of aromatic nitrogens is 2. The van der Waals surface area contributed by atoms with Crippen LogP contribution in [0.4, 0.5) is 0 Å². The Morgan fingerprint density at radius 2 is 2.29 bits per heavy atom. The summed E-state index contributed by atoms with van der Waals surface area (Å²) in [7, 11) is 0. The molecule has 0 fully saturated rings. The molecule has 2 rings (SSSR count). The maximum atomic E-state index is 11.0. The number of para-hydroxylation sites is 1. The van der Waals surface area contributed by atoms with Gasteiger partial charge in [0.25, 0.3) is 5.24 Å². The fraction of sp³-hybridized carbons (Fsp3) is 0. The summed E-state index contributed by atoms with van der Waals surface area (Å²) < 4.78 is 0. The molecule has 4 nitrogen and oxygen atoms in total. The van der Waals surface area contributed by atoms with Gasteiger partial charge in [-0.2, -0.15) is 0 Å². The molecule has 70 valence electrons. The van der Waals surface area contributed by atoms with E-state index in [4.69, 9.17) is 11.6 Å². The van der Waals surface area contributed by atoms with Crippen molar-refractivity contribution in [3.63, 3.8) is 0 Å². The molecule has 1 aromatic carbocycles. The third-order valence-electron chi connectivity index (χ3n) is 1.85. The molecular formula is C9H5ClN2O2. The highest BCUT2D eigenvalue weighted by Crippen LogP contribution is 2.17. The zero-order chi connectivity index (χ0) is 10.1. The number of aromatic amines is 1. The fourth-order valence-corrected chi connectivity index (χ4v) is 1.42. The number of aldehydes is 1. The molecule has 0 atom stereocenters. The summed E-state index contributed by atoms with van der Waals surface area (Å²) in [6, 6.07) is 4.95. The Bertz CT molecular complexity index is 519. The Kier molecular flexibility index (Phi) is 2.05. The highest BCUT2D eigenvalue weighted by atomic mass is 35.5. The number of hydrogen-bond acceptors (Lipinski definition) is 3. The number of nitrogens with zero attached hydrogens (tertiary/aromatic N) is 1. The first-order valence-electron chi connectivity index (χ1n) is 3.86. The summed E-state index contributed by atoms with van der Waals surface area (Å²) >= 11 is 5.35. The number of fused-ring (bicyclic) bond motifs is 1. The van der Waals surface area contributed by atoms with Crippen molar-refractivity contribution in [3.8, 4) is 0 Å². The van der Waals surface area contributed by atoms with Crippen LogP contribution in [0.2, 0.25) is 0 Å². The first-order valence-corrected chi connectivity index (χ1v) is 4.24. The van der Waals surface area contributed by atoms with Crippen LogP contribution in [-0.2, 0) is 0 Å². The van der Waals surface area contributed by atoms with Crippen molar-refractivity contribution in [1.29, 1.82) is 0 Å². The SMILES string of the molecule is O=Cc1nc2c(C(=O)Cl)cccc2[nH]1. The monoisotopic (exact) mass is 208 g/mol. The van der Waals surface area contributed by atoms with Gasteiger partial charge in [-0.05, 0) is 23.7 Å². The van der Waals surface area contributed by atoms with E-state index in [1.54, 1.807) is 18.2 Å². The first-order chi connectivity index (χ1) is 6.72. The summed E-state index contributed by atoms with van der Waals surface area (Å²) in [5.74, 6) is 0.186. The van der Waals surface area contributed by atoms with Crippen LogP contribution in [0.15, 0.2) is 18.2 Å². The molecular weight excluding hydrogens is 204 g/mol. The zero-order valence-corrected chi connectivity index (χ0v) is 7.71. The Balaban J connectivity index is 2.79. The molecule has 0 saturated heterocycles. The first kappa shape index (κ1) is 8.90. The van der Waals surface area contributed by atoms with Crippen molar-refractivity contribution in [2.45, 2.75) is 0 Å². The molecule has 0 radical (unpaired) electrons. The van der Waals surface area contributed by atoms with Crippen molar-refractivity contribution < 1.29 is 9.59 Å². The van der Waals surface area contributed by atoms with E-state index in [0.717, 1.165) is 0 Å². The lowest BCUT2D eigenvalue weighted by atomic mass is 10.2. The predicted molar refractivity (Wildman–Crippen MR) is 51.7 cm³/mol. The molecule has 14 heavy (non-hydrogen) atoms. The maximum Gasteiger partial charge on any atom is 0.254 e. The van der Waals surface area contributed by atoms with E-state index >= 15 is 0 Å². The average Bonchev–Trinajstić information content (AvgIpc) is 2.59. The Labute approximate surface area is 83.9 Å². The van der Waals surface area contributed by atoms with E-state index in [-0.39, 0.29) is 5.82 Å². The highest BCUT2D eigenvalue weighted by molar-refractivity contribution is 6.68. The van der Waals surface area contributed by atoms with Crippen molar-refractivity contribution in [3.05, 3.63) is 29.6 Å². The van der Waals surface area contributed by atoms with Crippen molar-refractivity contribution in [2.75, 3.05) is 0 Å². The second kappa shape index (κ2) is 3.23. The lowest BCUT2D eigenvalue weighted by Crippen LogP contribution is -1.89. The van der Waals surface area contributed by atoms with Crippen LogP contribution in [0.1, 0.15) is 21.0 Å². The second-order valence-electron chi connectivity index (χ2n) is 2.72. The molecule has 0 amide bonds. The Hall–Kier alpha value is -1.68. The minimum Gasteiger partial charge on any atom is -0.336 e. The van der Waals surface area contributed by atoms with Crippen LogP contribution in [-0.4, -0.2) is 21.5 Å². The van der Waals surface area contributed by atoms with Gasteiger partial charge in [-0.25, -0.2) is 4.98 Å². The molecule has 1 N–H and O–H groups in total. The number of carbonyl (C=O) groups is 2. The number of imidazole rings is 1. The van der Waals surface area contributed by atoms with Crippen molar-refractivity contribution in [1.82, 2.24) is 9.97 Å². The largest absolute Gasteiger partial charge is 0.336 e. The van der Waals surface area contributed by atoms with Gasteiger partial charge < -0.3 is 4.98 Å². The van der Waals surface area contributed by atoms with E-state index < -0.39 is 5.24 Å². The van der Waals surface area contributed by atoms with Crippen LogP contribution in [0.5, 0.6) is 0 Å². The van der Waals surface area contributed by atoms with Crippen LogP contribution >= 0.6 is 11.6 Å². The Morgan fingerprint density at radius 3 is 2.93 bits per heavy atom. The summed E-state index contributed by atoms with van der Waals surface area (Å²) in [5.41, 5.74) is 1.35. The molecule has 1 heterocycles. The Morgan fingerprint density at radius 1 is 1.50 bits per heavy atom. The number of carbonyl (C=O) groups excluding carboxylic acids is 2. The average molecular weight is 209 g/mol. The number of halogens is 1. The van der Waals surface area contributed by atoms with Crippen molar-refractivity contribution in [2.24, 2.45) is 0 Å². The second-order valence-corrected chi connectivity index (χ2v) is 3.06. The summed E-state index contributed by atoms with van der Waals surface area (Å²) in [6.45, 7) is 0. The predicted octanol–water partition coefficient (Wildman–Crippen LogP) is 1.75. The van der Waals surface area contributed by atoms with Crippen LogP contribution in [0.3, 0.4) is 0 Å². The topological polar surface area (TPSA) is 62.8 Å². The molecule has 0 saturated carbocycles. The molecule has 0 unspecified atom stereocenters. The van der Waals surface area contributed by atoms with Gasteiger partial charge in [0, 0.05) is 0 Å². The van der Waals surface area contributed by atoms with Gasteiger partial charge in [0.1, 0.15) is 5.52 Å². The quantitative estimate of drug-likeness (QED) is 0.604. The van der Waals surface area contributed by atoms with Crippen molar-refractivity contribution >= 4 is 34.2 Å². The lowest BCUT2D eigenvalue weighted by molar-refractivity contribution is 0.108. The standard InChI is InChI=1S/C9H5ClN2O2/c10-9(14)5-2-1-3-6-8(5)12-7(4-13)11-6/h1-4H,(H,11,12). The molecule has 0 aliphatic carbocycles.